The molecule has 2 aliphatic rings. The monoisotopic (exact) mass is 492 g/mol. The summed E-state index contributed by atoms with van der Waals surface area (Å²) in [6.07, 6.45) is 0.806. The molecule has 1 fully saturated rings. The molecule has 2 atom stereocenters. The van der Waals surface area contributed by atoms with Crippen LogP contribution in [0.4, 0.5) is 4.79 Å². The minimum atomic E-state index is -0.550. The molecule has 0 aromatic heterocycles. The standard InChI is InChI=1S/C23H22Cl2N2O4S/c1-26-21-19(20(29)27(23(26)30)10-3-11-28)18(12-14-6-8-15(24)9-7-14)22(32-21)31-17-5-2-4-16(25)13-17/h2,4-9,13,19,21,28H,3,10-12H2,1H3. The minimum absolute atomic E-state index is 0.0970. The Morgan fingerprint density at radius 2 is 1.84 bits per heavy atom. The van der Waals surface area contributed by atoms with Gasteiger partial charge in [-0.2, -0.15) is 0 Å². The number of carbonyl (C=O) groups excluding carboxylic acids is 2. The highest BCUT2D eigenvalue weighted by Gasteiger charge is 2.51. The van der Waals surface area contributed by atoms with E-state index >= 15 is 0 Å². The van der Waals surface area contributed by atoms with Crippen LogP contribution in [0, 0.1) is 5.92 Å². The molecule has 0 radical (unpaired) electrons. The Bertz CT molecular complexity index is 1060. The van der Waals surface area contributed by atoms with Gasteiger partial charge in [-0.25, -0.2) is 4.79 Å². The van der Waals surface area contributed by atoms with E-state index in [1.165, 1.54) is 16.7 Å². The minimum Gasteiger partial charge on any atom is -0.450 e. The molecule has 9 heteroatoms. The van der Waals surface area contributed by atoms with Crippen molar-refractivity contribution in [3.8, 4) is 5.75 Å². The van der Waals surface area contributed by atoms with Gasteiger partial charge in [0.05, 0.1) is 5.92 Å². The number of carbonyl (C=O) groups is 2. The zero-order valence-corrected chi connectivity index (χ0v) is 19.7. The van der Waals surface area contributed by atoms with Gasteiger partial charge in [0.25, 0.3) is 0 Å². The second kappa shape index (κ2) is 9.75. The molecule has 0 spiro atoms. The van der Waals surface area contributed by atoms with E-state index in [-0.39, 0.29) is 25.1 Å². The maximum atomic E-state index is 13.4. The molecule has 168 valence electrons. The first-order valence-electron chi connectivity index (χ1n) is 10.2. The van der Waals surface area contributed by atoms with Crippen LogP contribution < -0.4 is 4.74 Å². The van der Waals surface area contributed by atoms with Gasteiger partial charge in [0.1, 0.15) is 11.1 Å². The Balaban J connectivity index is 1.72. The molecule has 2 aromatic rings. The Kier molecular flexibility index (Phi) is 7.00. The number of hydrogen-bond acceptors (Lipinski definition) is 5. The van der Waals surface area contributed by atoms with E-state index in [0.717, 1.165) is 11.1 Å². The molecular weight excluding hydrogens is 471 g/mol. The van der Waals surface area contributed by atoms with Gasteiger partial charge in [0.15, 0.2) is 5.09 Å². The number of hydrogen-bond donors (Lipinski definition) is 1. The lowest BCUT2D eigenvalue weighted by Crippen LogP contribution is -2.59. The number of thioether (sulfide) groups is 1. The van der Waals surface area contributed by atoms with E-state index in [1.807, 2.05) is 12.1 Å². The lowest BCUT2D eigenvalue weighted by Gasteiger charge is -2.40. The lowest BCUT2D eigenvalue weighted by molar-refractivity contribution is -0.135. The van der Waals surface area contributed by atoms with Gasteiger partial charge < -0.3 is 14.7 Å². The smallest absolute Gasteiger partial charge is 0.327 e. The van der Waals surface area contributed by atoms with Crippen LogP contribution in [-0.2, 0) is 11.2 Å². The van der Waals surface area contributed by atoms with E-state index in [0.29, 0.717) is 33.7 Å². The number of fused-ring (bicyclic) bond motifs is 1. The SMILES string of the molecule is CN1C(=O)N(CCCO)C(=O)C2C(Cc3ccc(Cl)cc3)=C(Oc3cccc(Cl)c3)SC21. The third-order valence-corrected chi connectivity index (χ3v) is 7.33. The van der Waals surface area contributed by atoms with Gasteiger partial charge >= 0.3 is 6.03 Å². The lowest BCUT2D eigenvalue weighted by atomic mass is 9.90. The highest BCUT2D eigenvalue weighted by molar-refractivity contribution is 8.03. The van der Waals surface area contributed by atoms with E-state index in [1.54, 1.807) is 48.3 Å². The molecule has 2 aliphatic heterocycles. The predicted octanol–water partition coefficient (Wildman–Crippen LogP) is 4.79. The van der Waals surface area contributed by atoms with Crippen LogP contribution in [0.3, 0.4) is 0 Å². The molecule has 0 bridgehead atoms. The van der Waals surface area contributed by atoms with E-state index in [4.69, 9.17) is 27.9 Å². The first kappa shape index (κ1) is 23.0. The molecule has 32 heavy (non-hydrogen) atoms. The maximum absolute atomic E-state index is 13.4. The molecule has 2 aromatic carbocycles. The molecule has 2 unspecified atom stereocenters. The van der Waals surface area contributed by atoms with Crippen molar-refractivity contribution < 1.29 is 19.4 Å². The van der Waals surface area contributed by atoms with Crippen LogP contribution in [0.25, 0.3) is 0 Å². The number of aliphatic hydroxyl groups is 1. The maximum Gasteiger partial charge on any atom is 0.327 e. The predicted molar refractivity (Wildman–Crippen MR) is 126 cm³/mol. The number of imide groups is 1. The molecule has 0 aliphatic carbocycles. The molecule has 2 heterocycles. The summed E-state index contributed by atoms with van der Waals surface area (Å²) in [4.78, 5) is 29.1. The van der Waals surface area contributed by atoms with Crippen molar-refractivity contribution in [3.63, 3.8) is 0 Å². The average Bonchev–Trinajstić information content (AvgIpc) is 3.12. The third kappa shape index (κ3) is 4.62. The van der Waals surface area contributed by atoms with Crippen molar-refractivity contribution in [2.24, 2.45) is 5.92 Å². The number of halogens is 2. The first-order valence-corrected chi connectivity index (χ1v) is 11.8. The summed E-state index contributed by atoms with van der Waals surface area (Å²) in [6, 6.07) is 14.1. The van der Waals surface area contributed by atoms with Crippen molar-refractivity contribution in [3.05, 3.63) is 74.8 Å². The van der Waals surface area contributed by atoms with E-state index in [9.17, 15) is 14.7 Å². The third-order valence-electron chi connectivity index (χ3n) is 5.45. The summed E-state index contributed by atoms with van der Waals surface area (Å²) < 4.78 is 6.19. The zero-order valence-electron chi connectivity index (χ0n) is 17.3. The number of aliphatic hydroxyl groups excluding tert-OH is 1. The fourth-order valence-electron chi connectivity index (χ4n) is 3.85. The summed E-state index contributed by atoms with van der Waals surface area (Å²) in [5.74, 6) is -0.259. The molecule has 4 rings (SSSR count). The first-order chi connectivity index (χ1) is 15.4. The molecule has 3 amide bonds. The number of benzene rings is 2. The van der Waals surface area contributed by atoms with Crippen LogP contribution in [0.2, 0.25) is 10.0 Å². The van der Waals surface area contributed by atoms with Gasteiger partial charge in [-0.3, -0.25) is 9.69 Å². The Labute approximate surface area is 200 Å². The van der Waals surface area contributed by atoms with Crippen molar-refractivity contribution >= 4 is 46.9 Å². The van der Waals surface area contributed by atoms with Gasteiger partial charge in [-0.1, -0.05) is 53.2 Å². The van der Waals surface area contributed by atoms with E-state index < -0.39 is 11.3 Å². The van der Waals surface area contributed by atoms with Crippen molar-refractivity contribution in [2.75, 3.05) is 20.2 Å². The van der Waals surface area contributed by atoms with Crippen LogP contribution in [0.1, 0.15) is 12.0 Å². The summed E-state index contributed by atoms with van der Waals surface area (Å²) in [7, 11) is 1.69. The zero-order chi connectivity index (χ0) is 22.8. The van der Waals surface area contributed by atoms with Crippen molar-refractivity contribution in [1.29, 1.82) is 0 Å². The number of amides is 3. The molecular formula is C23H22Cl2N2O4S. The summed E-state index contributed by atoms with van der Waals surface area (Å²) in [5, 5.41) is 10.6. The fourth-order valence-corrected chi connectivity index (χ4v) is 5.54. The number of urea groups is 1. The van der Waals surface area contributed by atoms with Crippen LogP contribution in [0.15, 0.2) is 59.2 Å². The van der Waals surface area contributed by atoms with Gasteiger partial charge in [0, 0.05) is 30.2 Å². The van der Waals surface area contributed by atoms with Crippen molar-refractivity contribution in [1.82, 2.24) is 9.80 Å². The summed E-state index contributed by atoms with van der Waals surface area (Å²) in [6.45, 7) is 0.0747. The van der Waals surface area contributed by atoms with Crippen LogP contribution >= 0.6 is 35.0 Å². The highest BCUT2D eigenvalue weighted by atomic mass is 35.5. The molecule has 6 nitrogen and oxygen atoms in total. The number of nitrogens with zero attached hydrogens (tertiary/aromatic N) is 2. The second-order valence-electron chi connectivity index (χ2n) is 7.62. The molecule has 0 saturated carbocycles. The average molecular weight is 493 g/mol. The normalized spacial score (nSPS) is 20.8. The highest BCUT2D eigenvalue weighted by Crippen LogP contribution is 2.48. The summed E-state index contributed by atoms with van der Waals surface area (Å²) >= 11 is 13.5. The van der Waals surface area contributed by atoms with Crippen LogP contribution in [-0.4, -0.2) is 52.4 Å². The second-order valence-corrected chi connectivity index (χ2v) is 9.58. The van der Waals surface area contributed by atoms with Gasteiger partial charge in [-0.15, -0.1) is 0 Å². The Morgan fingerprint density at radius 3 is 2.53 bits per heavy atom. The molecule has 1 N–H and O–H groups in total. The van der Waals surface area contributed by atoms with Gasteiger partial charge in [0.2, 0.25) is 5.91 Å². The quantitative estimate of drug-likeness (QED) is 0.601. The van der Waals surface area contributed by atoms with E-state index in [2.05, 4.69) is 0 Å². The topological polar surface area (TPSA) is 70.1 Å². The van der Waals surface area contributed by atoms with Crippen LogP contribution in [0.5, 0.6) is 5.75 Å². The van der Waals surface area contributed by atoms with Gasteiger partial charge in [-0.05, 0) is 54.3 Å². The van der Waals surface area contributed by atoms with Crippen molar-refractivity contribution in [2.45, 2.75) is 18.2 Å². The Hall–Kier alpha value is -2.19. The largest absolute Gasteiger partial charge is 0.450 e. The Morgan fingerprint density at radius 1 is 1.09 bits per heavy atom. The number of rotatable bonds is 7. The molecule has 1 saturated heterocycles. The summed E-state index contributed by atoms with van der Waals surface area (Å²) in [5.41, 5.74) is 1.78. The fraction of sp³-hybridized carbons (Fsp3) is 0.304. The number of ether oxygens (including phenoxy) is 1.